The maximum absolute atomic E-state index is 12.6. The number of carboxylic acid groups (broad SMARTS) is 1. The Bertz CT molecular complexity index is 739. The van der Waals surface area contributed by atoms with Gasteiger partial charge in [-0.2, -0.15) is 0 Å². The third-order valence-electron chi connectivity index (χ3n) is 5.08. The van der Waals surface area contributed by atoms with Crippen molar-refractivity contribution in [3.8, 4) is 0 Å². The van der Waals surface area contributed by atoms with Crippen molar-refractivity contribution in [3.05, 3.63) is 36.4 Å². The molecule has 1 fully saturated rings. The van der Waals surface area contributed by atoms with Crippen molar-refractivity contribution in [2.75, 3.05) is 10.6 Å². The van der Waals surface area contributed by atoms with Crippen LogP contribution in [0.3, 0.4) is 0 Å². The fourth-order valence-corrected chi connectivity index (χ4v) is 3.96. The summed E-state index contributed by atoms with van der Waals surface area (Å²) in [6.45, 7) is 3.96. The minimum absolute atomic E-state index is 0.00399. The molecule has 2 aliphatic rings. The lowest BCUT2D eigenvalue weighted by Gasteiger charge is -2.23. The van der Waals surface area contributed by atoms with Gasteiger partial charge in [-0.1, -0.05) is 26.0 Å². The SMILES string of the molecule is CC(C)CC(=O)Nc1ccc(NC(=O)[C@@H]2[C@@H](C(=O)O)[C@H]3C=C[C@H]2C3)cc1. The summed E-state index contributed by atoms with van der Waals surface area (Å²) in [5.74, 6) is -2.17. The minimum atomic E-state index is -0.912. The molecule has 1 aromatic carbocycles. The third kappa shape index (κ3) is 3.79. The maximum Gasteiger partial charge on any atom is 0.307 e. The molecule has 2 aliphatic carbocycles. The number of carboxylic acids is 1. The van der Waals surface area contributed by atoms with Crippen LogP contribution in [-0.4, -0.2) is 22.9 Å². The fourth-order valence-electron chi connectivity index (χ4n) is 3.96. The van der Waals surface area contributed by atoms with Gasteiger partial charge in [0, 0.05) is 17.8 Å². The number of aliphatic carboxylic acids is 1. The molecule has 0 spiro atoms. The molecule has 3 rings (SSSR count). The molecule has 1 saturated carbocycles. The number of carbonyl (C=O) groups is 3. The highest BCUT2D eigenvalue weighted by Crippen LogP contribution is 2.48. The van der Waals surface area contributed by atoms with Gasteiger partial charge in [-0.05, 0) is 48.4 Å². The Labute approximate surface area is 152 Å². The number of anilines is 2. The van der Waals surface area contributed by atoms with E-state index < -0.39 is 17.8 Å². The van der Waals surface area contributed by atoms with Crippen molar-refractivity contribution in [2.24, 2.45) is 29.6 Å². The summed E-state index contributed by atoms with van der Waals surface area (Å²) < 4.78 is 0. The first-order valence-corrected chi connectivity index (χ1v) is 8.97. The number of benzene rings is 1. The minimum Gasteiger partial charge on any atom is -0.481 e. The lowest BCUT2D eigenvalue weighted by molar-refractivity contribution is -0.146. The van der Waals surface area contributed by atoms with Crippen molar-refractivity contribution in [1.82, 2.24) is 0 Å². The molecule has 0 unspecified atom stereocenters. The average molecular weight is 356 g/mol. The lowest BCUT2D eigenvalue weighted by atomic mass is 9.82. The van der Waals surface area contributed by atoms with Gasteiger partial charge in [-0.25, -0.2) is 0 Å². The number of fused-ring (bicyclic) bond motifs is 2. The Balaban J connectivity index is 1.62. The van der Waals surface area contributed by atoms with Crippen LogP contribution >= 0.6 is 0 Å². The van der Waals surface area contributed by atoms with Crippen molar-refractivity contribution in [2.45, 2.75) is 26.7 Å². The van der Waals surface area contributed by atoms with E-state index in [-0.39, 0.29) is 29.6 Å². The number of nitrogens with one attached hydrogen (secondary N) is 2. The number of hydrogen-bond donors (Lipinski definition) is 3. The topological polar surface area (TPSA) is 95.5 Å². The number of hydrogen-bond acceptors (Lipinski definition) is 3. The zero-order chi connectivity index (χ0) is 18.8. The molecular weight excluding hydrogens is 332 g/mol. The Morgan fingerprint density at radius 1 is 1.00 bits per heavy atom. The van der Waals surface area contributed by atoms with Crippen LogP contribution in [0.1, 0.15) is 26.7 Å². The van der Waals surface area contributed by atoms with Crippen LogP contribution in [0, 0.1) is 29.6 Å². The molecule has 1 aromatic rings. The first-order chi connectivity index (χ1) is 12.3. The van der Waals surface area contributed by atoms with Gasteiger partial charge in [0.1, 0.15) is 0 Å². The summed E-state index contributed by atoms with van der Waals surface area (Å²) in [7, 11) is 0. The number of amides is 2. The molecule has 0 radical (unpaired) electrons. The van der Waals surface area contributed by atoms with E-state index in [2.05, 4.69) is 10.6 Å². The molecule has 3 N–H and O–H groups in total. The van der Waals surface area contributed by atoms with Gasteiger partial charge in [-0.15, -0.1) is 0 Å². The van der Waals surface area contributed by atoms with Crippen molar-refractivity contribution >= 4 is 29.2 Å². The first-order valence-electron chi connectivity index (χ1n) is 8.97. The smallest absolute Gasteiger partial charge is 0.307 e. The van der Waals surface area contributed by atoms with E-state index in [1.165, 1.54) is 0 Å². The number of allylic oxidation sites excluding steroid dienone is 2. The van der Waals surface area contributed by atoms with Gasteiger partial charge < -0.3 is 15.7 Å². The largest absolute Gasteiger partial charge is 0.481 e. The number of rotatable bonds is 6. The van der Waals surface area contributed by atoms with Gasteiger partial charge in [0.15, 0.2) is 0 Å². The van der Waals surface area contributed by atoms with Gasteiger partial charge in [0.05, 0.1) is 11.8 Å². The van der Waals surface area contributed by atoms with E-state index in [0.29, 0.717) is 17.8 Å². The third-order valence-corrected chi connectivity index (χ3v) is 5.08. The Hall–Kier alpha value is -2.63. The lowest BCUT2D eigenvalue weighted by Crippen LogP contribution is -2.36. The van der Waals surface area contributed by atoms with Crippen LogP contribution in [0.2, 0.25) is 0 Å². The summed E-state index contributed by atoms with van der Waals surface area (Å²) in [4.78, 5) is 35.9. The first kappa shape index (κ1) is 18.2. The molecular formula is C20H24N2O4. The molecule has 6 heteroatoms. The van der Waals surface area contributed by atoms with Gasteiger partial charge in [0.2, 0.25) is 11.8 Å². The van der Waals surface area contributed by atoms with E-state index in [1.54, 1.807) is 24.3 Å². The average Bonchev–Trinajstić information content (AvgIpc) is 3.16. The Morgan fingerprint density at radius 3 is 2.08 bits per heavy atom. The highest BCUT2D eigenvalue weighted by Gasteiger charge is 2.51. The van der Waals surface area contributed by atoms with Crippen LogP contribution in [0.4, 0.5) is 11.4 Å². The molecule has 2 amide bonds. The Kier molecular flexibility index (Phi) is 5.11. The van der Waals surface area contributed by atoms with Gasteiger partial charge in [-0.3, -0.25) is 14.4 Å². The zero-order valence-electron chi connectivity index (χ0n) is 14.9. The standard InChI is InChI=1S/C20H24N2O4/c1-11(2)9-16(23)21-14-5-7-15(8-6-14)22-19(24)17-12-3-4-13(10-12)18(17)20(25)26/h3-8,11-13,17-18H,9-10H2,1-2H3,(H,21,23)(H,22,24)(H,25,26)/t12-,13-,17-,18-/m0/s1. The van der Waals surface area contributed by atoms with Crippen LogP contribution in [-0.2, 0) is 14.4 Å². The van der Waals surface area contributed by atoms with Gasteiger partial charge in [0.25, 0.3) is 0 Å². The molecule has 0 aromatic heterocycles. The predicted octanol–water partition coefficient (Wildman–Crippen LogP) is 3.13. The summed E-state index contributed by atoms with van der Waals surface area (Å²) >= 11 is 0. The van der Waals surface area contributed by atoms with E-state index in [4.69, 9.17) is 0 Å². The predicted molar refractivity (Wildman–Crippen MR) is 98.5 cm³/mol. The van der Waals surface area contributed by atoms with Crippen LogP contribution in [0.25, 0.3) is 0 Å². The normalized spacial score (nSPS) is 26.1. The zero-order valence-corrected chi connectivity index (χ0v) is 14.9. The van der Waals surface area contributed by atoms with E-state index in [0.717, 1.165) is 6.42 Å². The maximum atomic E-state index is 12.6. The van der Waals surface area contributed by atoms with Crippen LogP contribution in [0.15, 0.2) is 36.4 Å². The van der Waals surface area contributed by atoms with Crippen molar-refractivity contribution in [1.29, 1.82) is 0 Å². The summed E-state index contributed by atoms with van der Waals surface area (Å²) in [6, 6.07) is 6.87. The summed E-state index contributed by atoms with van der Waals surface area (Å²) in [6.07, 6.45) is 5.06. The van der Waals surface area contributed by atoms with Crippen LogP contribution in [0.5, 0.6) is 0 Å². The second-order valence-corrected chi connectivity index (χ2v) is 7.55. The number of carbonyl (C=O) groups excluding carboxylic acids is 2. The molecule has 26 heavy (non-hydrogen) atoms. The quantitative estimate of drug-likeness (QED) is 0.682. The van der Waals surface area contributed by atoms with Crippen molar-refractivity contribution in [3.63, 3.8) is 0 Å². The van der Waals surface area contributed by atoms with E-state index >= 15 is 0 Å². The molecule has 6 nitrogen and oxygen atoms in total. The van der Waals surface area contributed by atoms with Crippen LogP contribution < -0.4 is 10.6 Å². The summed E-state index contributed by atoms with van der Waals surface area (Å²) in [5.41, 5.74) is 1.26. The second-order valence-electron chi connectivity index (χ2n) is 7.55. The molecule has 2 bridgehead atoms. The monoisotopic (exact) mass is 356 g/mol. The molecule has 0 saturated heterocycles. The van der Waals surface area contributed by atoms with E-state index in [1.807, 2.05) is 26.0 Å². The fraction of sp³-hybridized carbons (Fsp3) is 0.450. The highest BCUT2D eigenvalue weighted by atomic mass is 16.4. The molecule has 138 valence electrons. The molecule has 0 aliphatic heterocycles. The molecule has 4 atom stereocenters. The summed E-state index contributed by atoms with van der Waals surface area (Å²) in [5, 5.41) is 15.1. The highest BCUT2D eigenvalue weighted by molar-refractivity contribution is 5.97. The molecule has 0 heterocycles. The second kappa shape index (κ2) is 7.32. The Morgan fingerprint density at radius 2 is 1.54 bits per heavy atom. The van der Waals surface area contributed by atoms with E-state index in [9.17, 15) is 19.5 Å². The van der Waals surface area contributed by atoms with Crippen molar-refractivity contribution < 1.29 is 19.5 Å². The van der Waals surface area contributed by atoms with Gasteiger partial charge >= 0.3 is 5.97 Å².